The largest absolute Gasteiger partial charge is 0.416 e. The molecule has 1 aromatic rings. The Labute approximate surface area is 97.8 Å². The molecule has 0 aromatic heterocycles. The number of aliphatic hydroxyl groups excluding tert-OH is 1. The van der Waals surface area contributed by atoms with Gasteiger partial charge in [-0.05, 0) is 12.1 Å². The topological polar surface area (TPSA) is 46.2 Å². The van der Waals surface area contributed by atoms with Gasteiger partial charge in [-0.3, -0.25) is 0 Å². The van der Waals surface area contributed by atoms with Crippen LogP contribution in [0.2, 0.25) is 5.02 Å². The third-order valence-corrected chi connectivity index (χ3v) is 2.38. The molecule has 0 bridgehead atoms. The molecule has 1 aromatic carbocycles. The van der Waals surface area contributed by atoms with Crippen molar-refractivity contribution in [1.29, 1.82) is 0 Å². The number of hydrogen-bond donors (Lipinski definition) is 2. The van der Waals surface area contributed by atoms with Crippen molar-refractivity contribution in [2.24, 2.45) is 5.73 Å². The van der Waals surface area contributed by atoms with Crippen LogP contribution in [-0.2, 0) is 0 Å². The minimum atomic E-state index is -5.08. The summed E-state index contributed by atoms with van der Waals surface area (Å²) in [5.41, 5.74) is 3.89. The van der Waals surface area contributed by atoms with Gasteiger partial charge in [0, 0.05) is 5.56 Å². The number of nitrogens with two attached hydrogens (primary N) is 1. The number of halogens is 6. The summed E-state index contributed by atoms with van der Waals surface area (Å²) in [6.45, 7) is 0. The Morgan fingerprint density at radius 3 is 2.24 bits per heavy atom. The van der Waals surface area contributed by atoms with Crippen molar-refractivity contribution >= 4 is 11.6 Å². The molecule has 1 rings (SSSR count). The number of aliphatic hydroxyl groups is 1. The van der Waals surface area contributed by atoms with Crippen molar-refractivity contribution < 1.29 is 27.1 Å². The van der Waals surface area contributed by atoms with Crippen LogP contribution in [-0.4, -0.2) is 17.4 Å². The summed E-state index contributed by atoms with van der Waals surface area (Å²) >= 11 is 5.29. The monoisotopic (exact) mass is 275 g/mol. The summed E-state index contributed by atoms with van der Waals surface area (Å²) in [5.74, 6) is -2.72. The van der Waals surface area contributed by atoms with Gasteiger partial charge < -0.3 is 10.8 Å². The van der Waals surface area contributed by atoms with Crippen LogP contribution in [0.3, 0.4) is 0 Å². The smallest absolute Gasteiger partial charge is 0.382 e. The quantitative estimate of drug-likeness (QED) is 0.644. The highest BCUT2D eigenvalue weighted by Crippen LogP contribution is 2.32. The molecule has 2 atom stereocenters. The molecule has 0 unspecified atom stereocenters. The van der Waals surface area contributed by atoms with E-state index in [0.29, 0.717) is 6.07 Å². The second-order valence-electron chi connectivity index (χ2n) is 3.27. The van der Waals surface area contributed by atoms with Gasteiger partial charge in [0.25, 0.3) is 0 Å². The summed E-state index contributed by atoms with van der Waals surface area (Å²) in [5, 5.41) is 8.24. The molecule has 0 spiro atoms. The van der Waals surface area contributed by atoms with E-state index in [1.165, 1.54) is 0 Å². The minimum absolute atomic E-state index is 0.578. The van der Waals surface area contributed by atoms with E-state index >= 15 is 0 Å². The first kappa shape index (κ1) is 14.1. The van der Waals surface area contributed by atoms with Gasteiger partial charge in [-0.2, -0.15) is 13.2 Å². The SMILES string of the molecule is N[C@H](c1c(F)ccc(Cl)c1F)[C@@H](O)C(F)(F)F. The van der Waals surface area contributed by atoms with Crippen LogP contribution >= 0.6 is 11.6 Å². The third kappa shape index (κ3) is 2.85. The number of benzene rings is 1. The predicted octanol–water partition coefficient (Wildman–Crippen LogP) is 2.54. The molecule has 8 heteroatoms. The fourth-order valence-corrected chi connectivity index (χ4v) is 1.37. The lowest BCUT2D eigenvalue weighted by Gasteiger charge is -2.22. The molecule has 0 aliphatic heterocycles. The third-order valence-electron chi connectivity index (χ3n) is 2.09. The normalized spacial score (nSPS) is 15.8. The molecule has 96 valence electrons. The average molecular weight is 276 g/mol. The Hall–Kier alpha value is -0.920. The molecule has 0 fully saturated rings. The van der Waals surface area contributed by atoms with E-state index in [4.69, 9.17) is 22.4 Å². The lowest BCUT2D eigenvalue weighted by atomic mass is 10.0. The van der Waals surface area contributed by atoms with E-state index in [2.05, 4.69) is 0 Å². The predicted molar refractivity (Wildman–Crippen MR) is 50.4 cm³/mol. The zero-order chi connectivity index (χ0) is 13.4. The van der Waals surface area contributed by atoms with Crippen molar-refractivity contribution in [2.45, 2.75) is 18.3 Å². The van der Waals surface area contributed by atoms with E-state index in [-0.39, 0.29) is 0 Å². The van der Waals surface area contributed by atoms with Crippen molar-refractivity contribution in [3.05, 3.63) is 34.4 Å². The van der Waals surface area contributed by atoms with Gasteiger partial charge in [-0.1, -0.05) is 11.6 Å². The Morgan fingerprint density at radius 1 is 1.24 bits per heavy atom. The molecular weight excluding hydrogens is 269 g/mol. The van der Waals surface area contributed by atoms with Gasteiger partial charge in [0.2, 0.25) is 0 Å². The lowest BCUT2D eigenvalue weighted by Crippen LogP contribution is -2.39. The van der Waals surface area contributed by atoms with Gasteiger partial charge in [-0.25, -0.2) is 8.78 Å². The Kier molecular flexibility index (Phi) is 3.95. The minimum Gasteiger partial charge on any atom is -0.382 e. The van der Waals surface area contributed by atoms with Crippen LogP contribution in [0, 0.1) is 11.6 Å². The highest BCUT2D eigenvalue weighted by atomic mass is 35.5. The molecule has 0 amide bonds. The molecule has 3 N–H and O–H groups in total. The van der Waals surface area contributed by atoms with Crippen LogP contribution in [0.15, 0.2) is 12.1 Å². The molecule has 17 heavy (non-hydrogen) atoms. The van der Waals surface area contributed by atoms with Crippen LogP contribution < -0.4 is 5.73 Å². The molecule has 0 heterocycles. The van der Waals surface area contributed by atoms with Crippen molar-refractivity contribution in [2.75, 3.05) is 0 Å². The highest BCUT2D eigenvalue weighted by Gasteiger charge is 2.44. The van der Waals surface area contributed by atoms with Gasteiger partial charge >= 0.3 is 6.18 Å². The maximum Gasteiger partial charge on any atom is 0.416 e. The van der Waals surface area contributed by atoms with E-state index in [1.807, 2.05) is 0 Å². The van der Waals surface area contributed by atoms with Gasteiger partial charge in [-0.15, -0.1) is 0 Å². The average Bonchev–Trinajstić information content (AvgIpc) is 2.21. The van der Waals surface area contributed by atoms with E-state index < -0.39 is 40.5 Å². The first-order valence-electron chi connectivity index (χ1n) is 4.30. The zero-order valence-corrected chi connectivity index (χ0v) is 8.86. The summed E-state index contributed by atoms with van der Waals surface area (Å²) < 4.78 is 62.9. The Morgan fingerprint density at radius 2 is 1.76 bits per heavy atom. The fourth-order valence-electron chi connectivity index (χ4n) is 1.21. The second-order valence-corrected chi connectivity index (χ2v) is 3.68. The molecule has 0 aliphatic rings. The lowest BCUT2D eigenvalue weighted by molar-refractivity contribution is -0.210. The first-order chi connectivity index (χ1) is 7.66. The maximum atomic E-state index is 13.3. The van der Waals surface area contributed by atoms with Gasteiger partial charge in [0.05, 0.1) is 11.1 Å². The van der Waals surface area contributed by atoms with E-state index in [1.54, 1.807) is 0 Å². The highest BCUT2D eigenvalue weighted by molar-refractivity contribution is 6.30. The maximum absolute atomic E-state index is 13.3. The summed E-state index contributed by atoms with van der Waals surface area (Å²) in [6.07, 6.45) is -8.16. The van der Waals surface area contributed by atoms with Gasteiger partial charge in [0.15, 0.2) is 6.10 Å². The molecule has 0 radical (unpaired) electrons. The molecule has 0 aliphatic carbocycles. The number of hydrogen-bond acceptors (Lipinski definition) is 2. The van der Waals surface area contributed by atoms with E-state index in [0.717, 1.165) is 6.07 Å². The first-order valence-corrected chi connectivity index (χ1v) is 4.67. The Balaban J connectivity index is 3.21. The van der Waals surface area contributed by atoms with Crippen LogP contribution in [0.25, 0.3) is 0 Å². The molecule has 0 saturated carbocycles. The van der Waals surface area contributed by atoms with Crippen LogP contribution in [0.5, 0.6) is 0 Å². The number of alkyl halides is 3. The summed E-state index contributed by atoms with van der Waals surface area (Å²) in [4.78, 5) is 0. The Bertz CT molecular complexity index is 423. The standard InChI is InChI=1S/C9H7ClF5NO/c10-3-1-2-4(11)5(6(3)12)7(16)8(17)9(13,14)15/h1-2,7-8,17H,16H2/t7-,8-/m1/s1. The van der Waals surface area contributed by atoms with E-state index in [9.17, 15) is 22.0 Å². The molecule has 2 nitrogen and oxygen atoms in total. The zero-order valence-electron chi connectivity index (χ0n) is 8.10. The van der Waals surface area contributed by atoms with Crippen molar-refractivity contribution in [3.8, 4) is 0 Å². The molecular formula is C9H7ClF5NO. The summed E-state index contributed by atoms with van der Waals surface area (Å²) in [7, 11) is 0. The van der Waals surface area contributed by atoms with Crippen molar-refractivity contribution in [1.82, 2.24) is 0 Å². The van der Waals surface area contributed by atoms with Crippen LogP contribution in [0.4, 0.5) is 22.0 Å². The fraction of sp³-hybridized carbons (Fsp3) is 0.333. The van der Waals surface area contributed by atoms with Gasteiger partial charge in [0.1, 0.15) is 11.6 Å². The summed E-state index contributed by atoms with van der Waals surface area (Å²) in [6, 6.07) is -0.778. The van der Waals surface area contributed by atoms with Crippen molar-refractivity contribution in [3.63, 3.8) is 0 Å². The van der Waals surface area contributed by atoms with Crippen LogP contribution in [0.1, 0.15) is 11.6 Å². The molecule has 0 saturated heterocycles. The second kappa shape index (κ2) is 4.75. The number of rotatable bonds is 2.